The molecule has 22 heavy (non-hydrogen) atoms. The van der Waals surface area contributed by atoms with E-state index in [1.54, 1.807) is 0 Å². The minimum atomic E-state index is -0.887. The average Bonchev–Trinajstić information content (AvgIpc) is 2.48. The van der Waals surface area contributed by atoms with Crippen molar-refractivity contribution in [1.29, 1.82) is 0 Å². The second-order valence-corrected chi connectivity index (χ2v) is 4.68. The maximum atomic E-state index is 13.4. The molecule has 0 saturated carbocycles. The summed E-state index contributed by atoms with van der Waals surface area (Å²) in [6, 6.07) is 7.10. The number of hydrogen-bond acceptors (Lipinski definition) is 3. The number of ether oxygens (including phenoxy) is 1. The molecule has 1 N–H and O–H groups in total. The molecule has 2 aromatic carbocycles. The van der Waals surface area contributed by atoms with Crippen LogP contribution in [0.5, 0.6) is 5.75 Å². The number of halogens is 3. The van der Waals surface area contributed by atoms with E-state index in [-0.39, 0.29) is 16.5 Å². The van der Waals surface area contributed by atoms with E-state index in [2.05, 4.69) is 5.32 Å². The molecule has 0 radical (unpaired) electrons. The third-order valence-electron chi connectivity index (χ3n) is 2.66. The lowest BCUT2D eigenvalue weighted by Crippen LogP contribution is -2.21. The second kappa shape index (κ2) is 7.00. The summed E-state index contributed by atoms with van der Waals surface area (Å²) in [5.74, 6) is -2.06. The molecule has 114 valence electrons. The molecule has 0 aliphatic carbocycles. The Morgan fingerprint density at radius 2 is 2.00 bits per heavy atom. The molecule has 0 fully saturated rings. The molecule has 0 aliphatic heterocycles. The topological polar surface area (TPSA) is 55.4 Å². The van der Waals surface area contributed by atoms with E-state index in [0.29, 0.717) is 17.9 Å². The Bertz CT molecular complexity index is 722. The minimum Gasteiger partial charge on any atom is -0.482 e. The van der Waals surface area contributed by atoms with Gasteiger partial charge in [-0.3, -0.25) is 9.59 Å². The molecule has 0 aromatic heterocycles. The monoisotopic (exact) mass is 325 g/mol. The molecule has 4 nitrogen and oxygen atoms in total. The van der Waals surface area contributed by atoms with Crippen LogP contribution in [0.1, 0.15) is 10.4 Å². The Balaban J connectivity index is 1.96. The van der Waals surface area contributed by atoms with Crippen molar-refractivity contribution in [2.24, 2.45) is 0 Å². The summed E-state index contributed by atoms with van der Waals surface area (Å²) in [5, 5.41) is 2.42. The van der Waals surface area contributed by atoms with Crippen molar-refractivity contribution >= 4 is 29.5 Å². The van der Waals surface area contributed by atoms with Gasteiger partial charge in [-0.05, 0) is 30.3 Å². The van der Waals surface area contributed by atoms with Crippen molar-refractivity contribution in [3.63, 3.8) is 0 Å². The van der Waals surface area contributed by atoms with Crippen LogP contribution >= 0.6 is 11.6 Å². The minimum absolute atomic E-state index is 0.155. The molecule has 0 aliphatic rings. The maximum absolute atomic E-state index is 13.4. The van der Waals surface area contributed by atoms with Crippen molar-refractivity contribution < 1.29 is 23.1 Å². The molecular formula is C15H10ClF2NO3. The van der Waals surface area contributed by atoms with Gasteiger partial charge in [0.25, 0.3) is 5.91 Å². The summed E-state index contributed by atoms with van der Waals surface area (Å²) in [7, 11) is 0. The zero-order chi connectivity index (χ0) is 16.1. The van der Waals surface area contributed by atoms with Gasteiger partial charge in [-0.25, -0.2) is 8.78 Å². The van der Waals surface area contributed by atoms with Crippen LogP contribution < -0.4 is 10.1 Å². The number of amides is 1. The molecule has 0 saturated heterocycles. The number of anilines is 1. The van der Waals surface area contributed by atoms with Gasteiger partial charge in [-0.1, -0.05) is 11.6 Å². The van der Waals surface area contributed by atoms with Crippen molar-refractivity contribution in [1.82, 2.24) is 0 Å². The molecule has 2 aromatic rings. The maximum Gasteiger partial charge on any atom is 0.262 e. The first-order valence-corrected chi connectivity index (χ1v) is 6.50. The van der Waals surface area contributed by atoms with Crippen LogP contribution in [0.4, 0.5) is 14.5 Å². The number of nitrogens with one attached hydrogen (secondary N) is 1. The van der Waals surface area contributed by atoms with Gasteiger partial charge in [0, 0.05) is 11.6 Å². The van der Waals surface area contributed by atoms with Crippen LogP contribution in [0.25, 0.3) is 0 Å². The highest BCUT2D eigenvalue weighted by atomic mass is 35.5. The van der Waals surface area contributed by atoms with Gasteiger partial charge in [0.05, 0.1) is 10.7 Å². The molecule has 1 amide bonds. The van der Waals surface area contributed by atoms with Crippen LogP contribution in [0.3, 0.4) is 0 Å². The molecule has 0 unspecified atom stereocenters. The highest BCUT2D eigenvalue weighted by Gasteiger charge is 2.10. The van der Waals surface area contributed by atoms with E-state index in [1.165, 1.54) is 18.2 Å². The summed E-state index contributed by atoms with van der Waals surface area (Å²) >= 11 is 5.88. The van der Waals surface area contributed by atoms with Gasteiger partial charge in [0.2, 0.25) is 0 Å². The van der Waals surface area contributed by atoms with E-state index >= 15 is 0 Å². The smallest absolute Gasteiger partial charge is 0.262 e. The van der Waals surface area contributed by atoms with Gasteiger partial charge in [0.1, 0.15) is 23.7 Å². The van der Waals surface area contributed by atoms with E-state index in [0.717, 1.165) is 12.1 Å². The molecule has 0 bridgehead atoms. The summed E-state index contributed by atoms with van der Waals surface area (Å²) in [6.07, 6.45) is 0.625. The van der Waals surface area contributed by atoms with Crippen LogP contribution in [0.2, 0.25) is 5.02 Å². The lowest BCUT2D eigenvalue weighted by molar-refractivity contribution is -0.118. The normalized spacial score (nSPS) is 10.1. The fraction of sp³-hybridized carbons (Fsp3) is 0.0667. The summed E-state index contributed by atoms with van der Waals surface area (Å²) in [6.45, 7) is -0.420. The van der Waals surface area contributed by atoms with E-state index in [4.69, 9.17) is 16.3 Å². The quantitative estimate of drug-likeness (QED) is 0.857. The molecule has 0 spiro atoms. The Morgan fingerprint density at radius 1 is 1.23 bits per heavy atom. The van der Waals surface area contributed by atoms with Crippen molar-refractivity contribution in [3.8, 4) is 5.75 Å². The van der Waals surface area contributed by atoms with Crippen LogP contribution in [0.15, 0.2) is 36.4 Å². The van der Waals surface area contributed by atoms with Gasteiger partial charge in [0.15, 0.2) is 6.61 Å². The Morgan fingerprint density at radius 3 is 2.64 bits per heavy atom. The first-order chi connectivity index (χ1) is 10.5. The zero-order valence-corrected chi connectivity index (χ0v) is 11.9. The second-order valence-electron chi connectivity index (χ2n) is 4.27. The largest absolute Gasteiger partial charge is 0.482 e. The number of carbonyl (C=O) groups excluding carboxylic acids is 2. The third-order valence-corrected chi connectivity index (χ3v) is 2.95. The van der Waals surface area contributed by atoms with E-state index in [1.807, 2.05) is 0 Å². The Hall–Kier alpha value is -2.47. The number of carbonyl (C=O) groups is 2. The van der Waals surface area contributed by atoms with Crippen molar-refractivity contribution in [3.05, 3.63) is 58.6 Å². The first kappa shape index (κ1) is 15.9. The predicted octanol–water partition coefficient (Wildman–Crippen LogP) is 3.45. The van der Waals surface area contributed by atoms with Gasteiger partial charge < -0.3 is 10.1 Å². The molecule has 0 heterocycles. The van der Waals surface area contributed by atoms with Crippen LogP contribution in [-0.2, 0) is 4.79 Å². The molecule has 7 heteroatoms. The standard InChI is InChI=1S/C15H10ClF2NO3/c16-11-5-9(7-20)1-4-14(11)22-8-15(21)19-13-3-2-10(17)6-12(13)18/h1-7H,8H2,(H,19,21). The SMILES string of the molecule is O=Cc1ccc(OCC(=O)Nc2ccc(F)cc2F)c(Cl)c1. The summed E-state index contributed by atoms with van der Waals surface area (Å²) in [4.78, 5) is 22.2. The highest BCUT2D eigenvalue weighted by Crippen LogP contribution is 2.25. The zero-order valence-electron chi connectivity index (χ0n) is 11.1. The Labute approximate surface area is 129 Å². The first-order valence-electron chi connectivity index (χ1n) is 6.12. The van der Waals surface area contributed by atoms with E-state index in [9.17, 15) is 18.4 Å². The average molecular weight is 326 g/mol. The molecule has 2 rings (SSSR count). The summed E-state index contributed by atoms with van der Waals surface area (Å²) in [5.41, 5.74) is 0.215. The van der Waals surface area contributed by atoms with E-state index < -0.39 is 24.1 Å². The van der Waals surface area contributed by atoms with Gasteiger partial charge in [-0.15, -0.1) is 0 Å². The van der Waals surface area contributed by atoms with Crippen LogP contribution in [0, 0.1) is 11.6 Å². The van der Waals surface area contributed by atoms with Gasteiger partial charge >= 0.3 is 0 Å². The van der Waals surface area contributed by atoms with Crippen LogP contribution in [-0.4, -0.2) is 18.8 Å². The summed E-state index contributed by atoms with van der Waals surface area (Å²) < 4.78 is 31.3. The number of rotatable bonds is 5. The van der Waals surface area contributed by atoms with Crippen molar-refractivity contribution in [2.45, 2.75) is 0 Å². The molecular weight excluding hydrogens is 316 g/mol. The number of aldehydes is 1. The lowest BCUT2D eigenvalue weighted by atomic mass is 10.2. The number of benzene rings is 2. The van der Waals surface area contributed by atoms with Gasteiger partial charge in [-0.2, -0.15) is 0 Å². The van der Waals surface area contributed by atoms with Crippen molar-refractivity contribution in [2.75, 3.05) is 11.9 Å². The predicted molar refractivity (Wildman–Crippen MR) is 77.3 cm³/mol. The third kappa shape index (κ3) is 4.02. The molecule has 0 atom stereocenters. The number of hydrogen-bond donors (Lipinski definition) is 1. The highest BCUT2D eigenvalue weighted by molar-refractivity contribution is 6.32. The fourth-order valence-corrected chi connectivity index (χ4v) is 1.87. The fourth-order valence-electron chi connectivity index (χ4n) is 1.63. The Kier molecular flexibility index (Phi) is 5.06. The lowest BCUT2D eigenvalue weighted by Gasteiger charge is -2.09.